The van der Waals surface area contributed by atoms with Gasteiger partial charge in [0, 0.05) is 5.39 Å². The predicted molar refractivity (Wildman–Crippen MR) is 75.6 cm³/mol. The van der Waals surface area contributed by atoms with E-state index in [9.17, 15) is 9.59 Å². The number of aromatic nitrogens is 3. The average Bonchev–Trinajstić information content (AvgIpc) is 2.71. The van der Waals surface area contributed by atoms with Crippen LogP contribution in [0.2, 0.25) is 0 Å². The number of methoxy groups -OCH3 is 2. The van der Waals surface area contributed by atoms with E-state index in [4.69, 9.17) is 14.9 Å². The molecule has 0 saturated carbocycles. The Labute approximate surface area is 123 Å². The van der Waals surface area contributed by atoms with Gasteiger partial charge in [-0.05, 0) is 6.07 Å². The van der Waals surface area contributed by atoms with Crippen LogP contribution in [-0.2, 0) is 9.47 Å². The molecule has 0 atom stereocenters. The van der Waals surface area contributed by atoms with Gasteiger partial charge in [-0.25, -0.2) is 19.1 Å². The highest BCUT2D eigenvalue weighted by Gasteiger charge is 2.25. The van der Waals surface area contributed by atoms with Gasteiger partial charge in [0.1, 0.15) is 11.1 Å². The Hall–Kier alpha value is -3.16. The predicted octanol–water partition coefficient (Wildman–Crippen LogP) is 0.868. The van der Waals surface area contributed by atoms with Crippen molar-refractivity contribution in [1.82, 2.24) is 14.6 Å². The first-order valence-electron chi connectivity index (χ1n) is 6.33. The molecule has 3 aromatic rings. The fourth-order valence-electron chi connectivity index (χ4n) is 2.37. The smallest absolute Gasteiger partial charge is 0.356 e. The fraction of sp³-hybridized carbons (Fsp3) is 0.143. The highest BCUT2D eigenvalue weighted by Crippen LogP contribution is 2.23. The van der Waals surface area contributed by atoms with Crippen LogP contribution in [0, 0.1) is 5.41 Å². The van der Waals surface area contributed by atoms with Crippen LogP contribution in [0.3, 0.4) is 0 Å². The molecule has 0 saturated heterocycles. The summed E-state index contributed by atoms with van der Waals surface area (Å²) in [6.45, 7) is 0. The molecule has 0 aliphatic carbocycles. The monoisotopic (exact) mass is 300 g/mol. The summed E-state index contributed by atoms with van der Waals surface area (Å²) in [7, 11) is 2.43. The van der Waals surface area contributed by atoms with Crippen molar-refractivity contribution in [3.8, 4) is 0 Å². The molecule has 3 rings (SSSR count). The summed E-state index contributed by atoms with van der Waals surface area (Å²) in [5, 5.41) is 11.0. The first kappa shape index (κ1) is 13.8. The van der Waals surface area contributed by atoms with Gasteiger partial charge in [-0.1, -0.05) is 18.2 Å². The molecule has 2 N–H and O–H groups in total. The first-order valence-corrected chi connectivity index (χ1v) is 6.33. The summed E-state index contributed by atoms with van der Waals surface area (Å²) in [6.07, 6.45) is 0. The molecular weight excluding hydrogens is 288 g/mol. The Morgan fingerprint density at radius 1 is 1.18 bits per heavy atom. The number of aromatic amines is 1. The zero-order chi connectivity index (χ0) is 15.9. The number of carbonyl (C=O) groups is 2. The van der Waals surface area contributed by atoms with Crippen LogP contribution < -0.4 is 5.62 Å². The summed E-state index contributed by atoms with van der Waals surface area (Å²) < 4.78 is 10.8. The largest absolute Gasteiger partial charge is 0.465 e. The van der Waals surface area contributed by atoms with Gasteiger partial charge in [-0.15, -0.1) is 0 Å². The van der Waals surface area contributed by atoms with E-state index in [-0.39, 0.29) is 16.9 Å². The van der Waals surface area contributed by atoms with Crippen LogP contribution >= 0.6 is 0 Å². The molecule has 0 amide bonds. The zero-order valence-corrected chi connectivity index (χ0v) is 11.8. The third-order valence-corrected chi connectivity index (χ3v) is 3.31. The number of nitrogens with one attached hydrogen (secondary N) is 2. The summed E-state index contributed by atoms with van der Waals surface area (Å²) >= 11 is 0. The third-order valence-electron chi connectivity index (χ3n) is 3.31. The number of carbonyl (C=O) groups excluding carboxylic acids is 2. The second-order valence-corrected chi connectivity index (χ2v) is 4.48. The molecule has 112 valence electrons. The van der Waals surface area contributed by atoms with Gasteiger partial charge >= 0.3 is 11.9 Å². The molecule has 2 heterocycles. The highest BCUT2D eigenvalue weighted by atomic mass is 16.5. The van der Waals surface area contributed by atoms with E-state index in [0.29, 0.717) is 16.4 Å². The number of nitrogens with zero attached hydrogens (tertiary/aromatic N) is 2. The van der Waals surface area contributed by atoms with Crippen molar-refractivity contribution >= 4 is 28.4 Å². The maximum Gasteiger partial charge on any atom is 0.356 e. The van der Waals surface area contributed by atoms with Gasteiger partial charge in [0.05, 0.1) is 19.7 Å². The average molecular weight is 300 g/mol. The van der Waals surface area contributed by atoms with Crippen molar-refractivity contribution in [3.05, 3.63) is 41.1 Å². The Bertz CT molecular complexity index is 970. The third kappa shape index (κ3) is 1.85. The molecule has 0 fully saturated rings. The number of rotatable bonds is 2. The van der Waals surface area contributed by atoms with Gasteiger partial charge in [0.2, 0.25) is 5.62 Å². The molecular formula is C14H12N4O4. The molecule has 0 bridgehead atoms. The maximum atomic E-state index is 12.2. The van der Waals surface area contributed by atoms with E-state index in [1.165, 1.54) is 18.7 Å². The zero-order valence-electron chi connectivity index (χ0n) is 11.8. The SMILES string of the molecule is COC(=O)c1[nH]n2c(=N)nc3ccccc(c1C(=O)OC)c32. The van der Waals surface area contributed by atoms with Crippen molar-refractivity contribution in [2.75, 3.05) is 14.2 Å². The van der Waals surface area contributed by atoms with Gasteiger partial charge in [0.25, 0.3) is 0 Å². The lowest BCUT2D eigenvalue weighted by Gasteiger charge is -2.10. The van der Waals surface area contributed by atoms with Crippen LogP contribution in [0.5, 0.6) is 0 Å². The lowest BCUT2D eigenvalue weighted by Crippen LogP contribution is -2.21. The Morgan fingerprint density at radius 3 is 2.55 bits per heavy atom. The van der Waals surface area contributed by atoms with Gasteiger partial charge in [-0.2, -0.15) is 0 Å². The number of hydrogen-bond donors (Lipinski definition) is 2. The fourth-order valence-corrected chi connectivity index (χ4v) is 2.37. The molecule has 0 radical (unpaired) electrons. The minimum absolute atomic E-state index is 0.0444. The van der Waals surface area contributed by atoms with Crippen LogP contribution in [0.25, 0.3) is 16.4 Å². The molecule has 0 aliphatic heterocycles. The summed E-state index contributed by atoms with van der Waals surface area (Å²) in [4.78, 5) is 28.2. The molecule has 8 nitrogen and oxygen atoms in total. The molecule has 0 spiro atoms. The molecule has 1 aromatic carbocycles. The van der Waals surface area contributed by atoms with E-state index in [1.807, 2.05) is 0 Å². The van der Waals surface area contributed by atoms with Crippen molar-refractivity contribution in [1.29, 1.82) is 5.41 Å². The number of ether oxygens (including phenoxy) is 2. The minimum atomic E-state index is -0.737. The van der Waals surface area contributed by atoms with Crippen molar-refractivity contribution < 1.29 is 19.1 Å². The lowest BCUT2D eigenvalue weighted by atomic mass is 10.1. The molecule has 0 unspecified atom stereocenters. The van der Waals surface area contributed by atoms with Gasteiger partial charge in [-0.3, -0.25) is 10.5 Å². The van der Waals surface area contributed by atoms with Crippen molar-refractivity contribution in [2.45, 2.75) is 0 Å². The first-order chi connectivity index (χ1) is 10.6. The van der Waals surface area contributed by atoms with Crippen molar-refractivity contribution in [3.63, 3.8) is 0 Å². The van der Waals surface area contributed by atoms with Crippen LogP contribution in [0.1, 0.15) is 20.8 Å². The van der Waals surface area contributed by atoms with E-state index in [2.05, 4.69) is 10.1 Å². The number of hydrogen-bond acceptors (Lipinski definition) is 6. The van der Waals surface area contributed by atoms with Gasteiger partial charge in [0.15, 0.2) is 5.69 Å². The summed E-state index contributed by atoms with van der Waals surface area (Å²) in [6, 6.07) is 6.83. The Kier molecular flexibility index (Phi) is 3.13. The molecule has 0 aliphatic rings. The second kappa shape index (κ2) is 4.99. The second-order valence-electron chi connectivity index (χ2n) is 4.48. The van der Waals surface area contributed by atoms with E-state index < -0.39 is 11.9 Å². The highest BCUT2D eigenvalue weighted by molar-refractivity contribution is 6.12. The lowest BCUT2D eigenvalue weighted by molar-refractivity contribution is 0.0550. The van der Waals surface area contributed by atoms with E-state index >= 15 is 0 Å². The number of H-pyrrole nitrogens is 1. The van der Waals surface area contributed by atoms with Gasteiger partial charge < -0.3 is 9.47 Å². The topological polar surface area (TPSA) is 110 Å². The van der Waals surface area contributed by atoms with E-state index in [1.54, 1.807) is 24.3 Å². The Balaban J connectivity index is 2.61. The summed E-state index contributed by atoms with van der Waals surface area (Å²) in [5.74, 6) is -1.42. The van der Waals surface area contributed by atoms with E-state index in [0.717, 1.165) is 0 Å². The maximum absolute atomic E-state index is 12.2. The molecule has 8 heteroatoms. The van der Waals surface area contributed by atoms with Crippen molar-refractivity contribution in [2.24, 2.45) is 0 Å². The Morgan fingerprint density at radius 2 is 1.86 bits per heavy atom. The van der Waals surface area contributed by atoms with Crippen LogP contribution in [0.15, 0.2) is 24.3 Å². The minimum Gasteiger partial charge on any atom is -0.465 e. The normalized spacial score (nSPS) is 10.8. The van der Waals surface area contributed by atoms with Crippen LogP contribution in [0.4, 0.5) is 0 Å². The molecule has 2 aromatic heterocycles. The standard InChI is InChI=1S/C14H12N4O4/c1-21-12(19)9-7-5-3-4-6-8-11(7)18(14(15)16-8)17-10(9)13(20)22-2/h3-6,15,17H,1-2H3. The number of imidazole rings is 1. The number of esters is 2. The molecule has 22 heavy (non-hydrogen) atoms. The summed E-state index contributed by atoms with van der Waals surface area (Å²) in [5.41, 5.74) is 0.891. The van der Waals surface area contributed by atoms with Crippen LogP contribution in [-0.4, -0.2) is 40.8 Å². The quantitative estimate of drug-likeness (QED) is 0.682.